The summed E-state index contributed by atoms with van der Waals surface area (Å²) in [6.45, 7) is 2.27. The number of aliphatic hydroxyl groups excluding tert-OH is 1. The number of sulfone groups is 1. The van der Waals surface area contributed by atoms with Crippen LogP contribution in [0.4, 0.5) is 5.82 Å². The summed E-state index contributed by atoms with van der Waals surface area (Å²) >= 11 is 1.66. The van der Waals surface area contributed by atoms with E-state index in [1.807, 2.05) is 4.90 Å². The van der Waals surface area contributed by atoms with Gasteiger partial charge in [0.1, 0.15) is 11.2 Å². The fraction of sp³-hybridized carbons (Fsp3) is 0.583. The van der Waals surface area contributed by atoms with Crippen LogP contribution in [0.25, 0.3) is 0 Å². The first kappa shape index (κ1) is 14.6. The van der Waals surface area contributed by atoms with Crippen molar-refractivity contribution in [2.45, 2.75) is 18.9 Å². The first-order valence-corrected chi connectivity index (χ1v) is 9.07. The quantitative estimate of drug-likeness (QED) is 0.890. The Labute approximate surface area is 118 Å². The molecule has 1 unspecified atom stereocenters. The summed E-state index contributed by atoms with van der Waals surface area (Å²) in [5.74, 6) is 2.23. The Morgan fingerprint density at radius 3 is 3.05 bits per heavy atom. The molecule has 1 saturated heterocycles. The normalized spacial score (nSPS) is 20.5. The summed E-state index contributed by atoms with van der Waals surface area (Å²) in [6.07, 6.45) is 1.61. The monoisotopic (exact) mass is 302 g/mol. The molecule has 7 heteroatoms. The van der Waals surface area contributed by atoms with Crippen LogP contribution in [0.2, 0.25) is 0 Å². The van der Waals surface area contributed by atoms with Gasteiger partial charge in [-0.25, -0.2) is 13.4 Å². The molecule has 1 aromatic rings. The van der Waals surface area contributed by atoms with E-state index >= 15 is 0 Å². The van der Waals surface area contributed by atoms with Crippen molar-refractivity contribution in [3.63, 3.8) is 0 Å². The standard InChI is InChI=1S/C12H18N2O3S2/c1-2-19(16,17)12-9-18-6-5-14(12)11-7-10(8-15)3-4-13-11/h3-4,7,12,15H,2,5-6,8-9H2,1H3. The molecule has 2 rings (SSSR count). The van der Waals surface area contributed by atoms with Gasteiger partial charge in [-0.1, -0.05) is 6.92 Å². The molecule has 1 atom stereocenters. The number of hydrogen-bond acceptors (Lipinski definition) is 6. The largest absolute Gasteiger partial charge is 0.392 e. The van der Waals surface area contributed by atoms with Crippen molar-refractivity contribution in [3.05, 3.63) is 23.9 Å². The first-order valence-electron chi connectivity index (χ1n) is 6.20. The van der Waals surface area contributed by atoms with Crippen LogP contribution in [0, 0.1) is 0 Å². The maximum absolute atomic E-state index is 12.2. The van der Waals surface area contributed by atoms with Crippen LogP contribution in [0.3, 0.4) is 0 Å². The number of pyridine rings is 1. The summed E-state index contributed by atoms with van der Waals surface area (Å²) in [7, 11) is -3.14. The smallest absolute Gasteiger partial charge is 0.171 e. The van der Waals surface area contributed by atoms with Gasteiger partial charge < -0.3 is 10.0 Å². The molecular formula is C12H18N2O3S2. The van der Waals surface area contributed by atoms with Gasteiger partial charge in [0.2, 0.25) is 0 Å². The molecule has 1 aromatic heterocycles. The van der Waals surface area contributed by atoms with Crippen molar-refractivity contribution in [1.29, 1.82) is 0 Å². The minimum Gasteiger partial charge on any atom is -0.392 e. The zero-order chi connectivity index (χ0) is 13.9. The number of aliphatic hydroxyl groups is 1. The summed E-state index contributed by atoms with van der Waals surface area (Å²) in [5.41, 5.74) is 0.746. The molecular weight excluding hydrogens is 284 g/mol. The second-order valence-electron chi connectivity index (χ2n) is 4.35. The second-order valence-corrected chi connectivity index (χ2v) is 7.95. The van der Waals surface area contributed by atoms with E-state index in [4.69, 9.17) is 5.11 Å². The maximum atomic E-state index is 12.2. The van der Waals surface area contributed by atoms with Gasteiger partial charge in [0.25, 0.3) is 0 Å². The van der Waals surface area contributed by atoms with E-state index in [1.165, 1.54) is 0 Å². The maximum Gasteiger partial charge on any atom is 0.171 e. The van der Waals surface area contributed by atoms with Gasteiger partial charge in [0.05, 0.1) is 6.61 Å². The van der Waals surface area contributed by atoms with E-state index in [0.717, 1.165) is 11.3 Å². The van der Waals surface area contributed by atoms with Gasteiger partial charge in [0.15, 0.2) is 9.84 Å². The van der Waals surface area contributed by atoms with E-state index in [0.29, 0.717) is 18.1 Å². The Hall–Kier alpha value is -0.790. The highest BCUT2D eigenvalue weighted by atomic mass is 32.2. The third-order valence-corrected chi connectivity index (χ3v) is 6.48. The lowest BCUT2D eigenvalue weighted by Crippen LogP contribution is -2.48. The molecule has 0 saturated carbocycles. The van der Waals surface area contributed by atoms with Crippen LogP contribution < -0.4 is 4.90 Å². The summed E-state index contributed by atoms with van der Waals surface area (Å²) in [6, 6.07) is 3.49. The van der Waals surface area contributed by atoms with Crippen molar-refractivity contribution in [3.8, 4) is 0 Å². The van der Waals surface area contributed by atoms with E-state index in [2.05, 4.69) is 4.98 Å². The zero-order valence-electron chi connectivity index (χ0n) is 10.8. The highest BCUT2D eigenvalue weighted by Gasteiger charge is 2.33. The molecule has 1 N–H and O–H groups in total. The second kappa shape index (κ2) is 6.11. The van der Waals surface area contributed by atoms with Gasteiger partial charge >= 0.3 is 0 Å². The molecule has 106 valence electrons. The van der Waals surface area contributed by atoms with Crippen LogP contribution in [-0.4, -0.2) is 47.7 Å². The van der Waals surface area contributed by atoms with E-state index in [1.54, 1.807) is 37.0 Å². The van der Waals surface area contributed by atoms with E-state index in [-0.39, 0.29) is 12.4 Å². The molecule has 19 heavy (non-hydrogen) atoms. The van der Waals surface area contributed by atoms with Gasteiger partial charge in [-0.05, 0) is 17.7 Å². The number of hydrogen-bond donors (Lipinski definition) is 1. The summed E-state index contributed by atoms with van der Waals surface area (Å²) in [4.78, 5) is 6.09. The van der Waals surface area contributed by atoms with Crippen molar-refractivity contribution >= 4 is 27.4 Å². The van der Waals surface area contributed by atoms with Gasteiger partial charge in [0, 0.05) is 30.0 Å². The number of aromatic nitrogens is 1. The number of anilines is 1. The predicted molar refractivity (Wildman–Crippen MR) is 78.1 cm³/mol. The molecule has 0 spiro atoms. The molecule has 0 aromatic carbocycles. The zero-order valence-corrected chi connectivity index (χ0v) is 12.5. The minimum atomic E-state index is -3.14. The third kappa shape index (κ3) is 3.21. The average molecular weight is 302 g/mol. The molecule has 2 heterocycles. The molecule has 0 aliphatic carbocycles. The third-order valence-electron chi connectivity index (χ3n) is 3.19. The molecule has 0 bridgehead atoms. The number of thioether (sulfide) groups is 1. The number of nitrogens with zero attached hydrogens (tertiary/aromatic N) is 2. The van der Waals surface area contributed by atoms with Crippen LogP contribution >= 0.6 is 11.8 Å². The van der Waals surface area contributed by atoms with Crippen molar-refractivity contribution in [2.75, 3.05) is 28.7 Å². The van der Waals surface area contributed by atoms with Crippen molar-refractivity contribution in [2.24, 2.45) is 0 Å². The Morgan fingerprint density at radius 2 is 2.37 bits per heavy atom. The molecule has 5 nitrogen and oxygen atoms in total. The first-order chi connectivity index (χ1) is 9.08. The Kier molecular flexibility index (Phi) is 4.70. The Morgan fingerprint density at radius 1 is 1.58 bits per heavy atom. The fourth-order valence-corrected chi connectivity index (χ4v) is 5.03. The van der Waals surface area contributed by atoms with Crippen LogP contribution in [-0.2, 0) is 16.4 Å². The van der Waals surface area contributed by atoms with Crippen molar-refractivity contribution in [1.82, 2.24) is 4.98 Å². The average Bonchev–Trinajstić information content (AvgIpc) is 2.47. The van der Waals surface area contributed by atoms with Crippen LogP contribution in [0.5, 0.6) is 0 Å². The molecule has 1 aliphatic heterocycles. The van der Waals surface area contributed by atoms with Gasteiger partial charge in [-0.2, -0.15) is 11.8 Å². The lowest BCUT2D eigenvalue weighted by Gasteiger charge is -2.35. The van der Waals surface area contributed by atoms with E-state index < -0.39 is 15.2 Å². The predicted octanol–water partition coefficient (Wildman–Crippen LogP) is 0.888. The molecule has 0 radical (unpaired) electrons. The van der Waals surface area contributed by atoms with Crippen LogP contribution in [0.15, 0.2) is 18.3 Å². The molecule has 1 fully saturated rings. The van der Waals surface area contributed by atoms with Gasteiger partial charge in [-0.3, -0.25) is 0 Å². The lowest BCUT2D eigenvalue weighted by atomic mass is 10.2. The molecule has 0 amide bonds. The fourth-order valence-electron chi connectivity index (χ4n) is 2.05. The summed E-state index contributed by atoms with van der Waals surface area (Å²) in [5, 5.41) is 8.65. The van der Waals surface area contributed by atoms with E-state index in [9.17, 15) is 8.42 Å². The van der Waals surface area contributed by atoms with Crippen LogP contribution in [0.1, 0.15) is 12.5 Å². The SMILES string of the molecule is CCS(=O)(=O)C1CSCCN1c1cc(CO)ccn1. The highest BCUT2D eigenvalue weighted by molar-refractivity contribution is 8.01. The van der Waals surface area contributed by atoms with Crippen molar-refractivity contribution < 1.29 is 13.5 Å². The van der Waals surface area contributed by atoms with Gasteiger partial charge in [-0.15, -0.1) is 0 Å². The topological polar surface area (TPSA) is 70.5 Å². The molecule has 1 aliphatic rings. The highest BCUT2D eigenvalue weighted by Crippen LogP contribution is 2.26. The minimum absolute atomic E-state index is 0.0662. The summed E-state index contributed by atoms with van der Waals surface area (Å²) < 4.78 is 24.3. The lowest BCUT2D eigenvalue weighted by molar-refractivity contribution is 0.281. The number of rotatable bonds is 4. The Balaban J connectivity index is 2.34. The Bertz CT molecular complexity index is 534.